The third-order valence-electron chi connectivity index (χ3n) is 4.43. The summed E-state index contributed by atoms with van der Waals surface area (Å²) in [5, 5.41) is 3.55. The van der Waals surface area contributed by atoms with Crippen molar-refractivity contribution >= 4 is 44.2 Å². The van der Waals surface area contributed by atoms with Gasteiger partial charge in [-0.15, -0.1) is 0 Å². The first-order valence-corrected chi connectivity index (χ1v) is 11.3. The standard InChI is InChI=1S/C19H21ClFN5O3S/c1-4-6-30(28,29)25-18-17(21)16(13(20)10-24-18)12-7-11-9-23-15(22-5-2)8-14(11)26(3)19(12)27/h7-10H,4-6H2,1-3H3,(H,22,23)(H,24,25). The van der Waals surface area contributed by atoms with Crippen LogP contribution in [0.5, 0.6) is 0 Å². The van der Waals surface area contributed by atoms with E-state index in [9.17, 15) is 13.2 Å². The molecule has 11 heteroatoms. The summed E-state index contributed by atoms with van der Waals surface area (Å²) >= 11 is 6.16. The van der Waals surface area contributed by atoms with Gasteiger partial charge < -0.3 is 9.88 Å². The molecule has 3 rings (SSSR count). The van der Waals surface area contributed by atoms with Crippen molar-refractivity contribution in [1.29, 1.82) is 0 Å². The summed E-state index contributed by atoms with van der Waals surface area (Å²) in [5.41, 5.74) is -0.141. The number of fused-ring (bicyclic) bond motifs is 1. The molecule has 3 aromatic rings. The molecule has 3 heterocycles. The average Bonchev–Trinajstić information content (AvgIpc) is 2.68. The summed E-state index contributed by atoms with van der Waals surface area (Å²) in [6, 6.07) is 3.20. The summed E-state index contributed by atoms with van der Waals surface area (Å²) < 4.78 is 42.8. The molecule has 0 fully saturated rings. The second kappa shape index (κ2) is 8.57. The number of pyridine rings is 3. The topological polar surface area (TPSA) is 106 Å². The molecule has 0 atom stereocenters. The lowest BCUT2D eigenvalue weighted by Gasteiger charge is -2.14. The minimum absolute atomic E-state index is 0.0242. The van der Waals surface area contributed by atoms with Crippen LogP contribution in [0.15, 0.2) is 29.3 Å². The number of sulfonamides is 1. The van der Waals surface area contributed by atoms with Crippen molar-refractivity contribution in [3.8, 4) is 11.1 Å². The Bertz CT molecular complexity index is 1280. The second-order valence-corrected chi connectivity index (χ2v) is 8.89. The quantitative estimate of drug-likeness (QED) is 0.568. The van der Waals surface area contributed by atoms with Gasteiger partial charge in [0.05, 0.1) is 21.9 Å². The molecule has 2 N–H and O–H groups in total. The largest absolute Gasteiger partial charge is 0.370 e. The number of hydrogen-bond donors (Lipinski definition) is 2. The molecule has 0 saturated carbocycles. The molecule has 0 bridgehead atoms. The fraction of sp³-hybridized carbons (Fsp3) is 0.316. The van der Waals surface area contributed by atoms with E-state index in [-0.39, 0.29) is 21.9 Å². The van der Waals surface area contributed by atoms with Crippen LogP contribution in [0.3, 0.4) is 0 Å². The summed E-state index contributed by atoms with van der Waals surface area (Å²) in [7, 11) is -2.22. The molecular formula is C19H21ClFN5O3S. The Morgan fingerprint density at radius 2 is 1.93 bits per heavy atom. The van der Waals surface area contributed by atoms with E-state index in [1.54, 1.807) is 26.2 Å². The zero-order valence-electron chi connectivity index (χ0n) is 16.7. The van der Waals surface area contributed by atoms with E-state index in [0.29, 0.717) is 29.7 Å². The number of nitrogens with one attached hydrogen (secondary N) is 2. The van der Waals surface area contributed by atoms with Crippen molar-refractivity contribution in [1.82, 2.24) is 14.5 Å². The first kappa shape index (κ1) is 22.0. The molecule has 0 aliphatic heterocycles. The molecule has 0 aromatic carbocycles. The number of anilines is 2. The van der Waals surface area contributed by atoms with Crippen molar-refractivity contribution < 1.29 is 12.8 Å². The lowest BCUT2D eigenvalue weighted by atomic mass is 10.1. The molecular weight excluding hydrogens is 433 g/mol. The molecule has 0 unspecified atom stereocenters. The van der Waals surface area contributed by atoms with Crippen LogP contribution >= 0.6 is 11.6 Å². The maximum Gasteiger partial charge on any atom is 0.258 e. The summed E-state index contributed by atoms with van der Waals surface area (Å²) in [6.45, 7) is 4.28. The van der Waals surface area contributed by atoms with Crippen molar-refractivity contribution in [3.05, 3.63) is 45.7 Å². The molecule has 8 nitrogen and oxygen atoms in total. The molecule has 0 saturated heterocycles. The van der Waals surface area contributed by atoms with Crippen LogP contribution < -0.4 is 15.6 Å². The minimum Gasteiger partial charge on any atom is -0.370 e. The maximum atomic E-state index is 15.2. The van der Waals surface area contributed by atoms with E-state index in [0.717, 1.165) is 6.20 Å². The minimum atomic E-state index is -3.78. The van der Waals surface area contributed by atoms with Crippen LogP contribution in [-0.4, -0.2) is 35.3 Å². The van der Waals surface area contributed by atoms with E-state index in [1.165, 1.54) is 10.6 Å². The molecule has 0 radical (unpaired) electrons. The van der Waals surface area contributed by atoms with E-state index in [4.69, 9.17) is 11.6 Å². The van der Waals surface area contributed by atoms with Crippen LogP contribution in [0.1, 0.15) is 20.3 Å². The molecule has 3 aromatic heterocycles. The normalized spacial score (nSPS) is 11.6. The van der Waals surface area contributed by atoms with Crippen LogP contribution in [0.25, 0.3) is 22.0 Å². The average molecular weight is 454 g/mol. The van der Waals surface area contributed by atoms with Crippen molar-refractivity contribution in [2.45, 2.75) is 20.3 Å². The molecule has 0 aliphatic carbocycles. The third kappa shape index (κ3) is 4.24. The second-order valence-electron chi connectivity index (χ2n) is 6.65. The van der Waals surface area contributed by atoms with Crippen LogP contribution in [0.4, 0.5) is 16.0 Å². The van der Waals surface area contributed by atoms with Crippen LogP contribution in [0.2, 0.25) is 5.02 Å². The smallest absolute Gasteiger partial charge is 0.258 e. The maximum absolute atomic E-state index is 15.2. The van der Waals surface area contributed by atoms with Gasteiger partial charge >= 0.3 is 0 Å². The Labute approximate surface area is 178 Å². The highest BCUT2D eigenvalue weighted by atomic mass is 35.5. The van der Waals surface area contributed by atoms with Crippen molar-refractivity contribution in [3.63, 3.8) is 0 Å². The third-order valence-corrected chi connectivity index (χ3v) is 6.17. The van der Waals surface area contributed by atoms with E-state index in [1.807, 2.05) is 6.92 Å². The van der Waals surface area contributed by atoms with Gasteiger partial charge in [0, 0.05) is 43.0 Å². The molecule has 0 amide bonds. The Morgan fingerprint density at radius 3 is 2.60 bits per heavy atom. The summed E-state index contributed by atoms with van der Waals surface area (Å²) in [6.07, 6.45) is 3.03. The van der Waals surface area contributed by atoms with Gasteiger partial charge in [-0.1, -0.05) is 18.5 Å². The summed E-state index contributed by atoms with van der Waals surface area (Å²) in [4.78, 5) is 21.0. The van der Waals surface area contributed by atoms with E-state index >= 15 is 4.39 Å². The SMILES string of the molecule is CCCS(=O)(=O)Nc1ncc(Cl)c(-c2cc3cnc(NCC)cc3n(C)c2=O)c1F. The monoisotopic (exact) mass is 453 g/mol. The Morgan fingerprint density at radius 1 is 1.20 bits per heavy atom. The highest BCUT2D eigenvalue weighted by molar-refractivity contribution is 7.92. The highest BCUT2D eigenvalue weighted by Crippen LogP contribution is 2.33. The summed E-state index contributed by atoms with van der Waals surface area (Å²) in [5.74, 6) is -1.11. The first-order chi connectivity index (χ1) is 14.2. The van der Waals surface area contributed by atoms with Crippen molar-refractivity contribution in [2.75, 3.05) is 22.3 Å². The predicted octanol–water partition coefficient (Wildman–Crippen LogP) is 3.37. The number of hydrogen-bond acceptors (Lipinski definition) is 6. The number of rotatable bonds is 7. The highest BCUT2D eigenvalue weighted by Gasteiger charge is 2.22. The van der Waals surface area contributed by atoms with Gasteiger partial charge in [-0.3, -0.25) is 9.52 Å². The van der Waals surface area contributed by atoms with Gasteiger partial charge in [0.25, 0.3) is 5.56 Å². The number of aryl methyl sites for hydroxylation is 1. The molecule has 160 valence electrons. The Hall–Kier alpha value is -2.72. The van der Waals surface area contributed by atoms with E-state index < -0.39 is 27.2 Å². The van der Waals surface area contributed by atoms with Gasteiger partial charge in [-0.2, -0.15) is 0 Å². The molecule has 30 heavy (non-hydrogen) atoms. The fourth-order valence-corrected chi connectivity index (χ4v) is 4.38. The fourth-order valence-electron chi connectivity index (χ4n) is 3.07. The Kier molecular flexibility index (Phi) is 6.27. The van der Waals surface area contributed by atoms with Gasteiger partial charge in [0.1, 0.15) is 5.82 Å². The number of nitrogens with zero attached hydrogens (tertiary/aromatic N) is 3. The number of aromatic nitrogens is 3. The molecule has 0 spiro atoms. The zero-order valence-corrected chi connectivity index (χ0v) is 18.2. The van der Waals surface area contributed by atoms with Crippen LogP contribution in [0, 0.1) is 5.82 Å². The lowest BCUT2D eigenvalue weighted by molar-refractivity contribution is 0.596. The predicted molar refractivity (Wildman–Crippen MR) is 117 cm³/mol. The number of halogens is 2. The lowest BCUT2D eigenvalue weighted by Crippen LogP contribution is -2.21. The van der Waals surface area contributed by atoms with Gasteiger partial charge in [-0.25, -0.2) is 22.8 Å². The van der Waals surface area contributed by atoms with Gasteiger partial charge in [-0.05, 0) is 19.4 Å². The first-order valence-electron chi connectivity index (χ1n) is 9.27. The Balaban J connectivity index is 2.20. The van der Waals surface area contributed by atoms with Crippen molar-refractivity contribution in [2.24, 2.45) is 7.05 Å². The van der Waals surface area contributed by atoms with E-state index in [2.05, 4.69) is 20.0 Å². The zero-order chi connectivity index (χ0) is 22.1. The van der Waals surface area contributed by atoms with Crippen LogP contribution in [-0.2, 0) is 17.1 Å². The van der Waals surface area contributed by atoms with Gasteiger partial charge in [0.15, 0.2) is 11.6 Å². The van der Waals surface area contributed by atoms with Gasteiger partial charge in [0.2, 0.25) is 10.0 Å². The molecule has 0 aliphatic rings.